The predicted molar refractivity (Wildman–Crippen MR) is 68.7 cm³/mol. The van der Waals surface area contributed by atoms with E-state index in [9.17, 15) is 0 Å². The average molecular weight is 227 g/mol. The number of hydrogen-bond donors (Lipinski definition) is 1. The van der Waals surface area contributed by atoms with Gasteiger partial charge in [-0.25, -0.2) is 0 Å². The SMILES string of the molecule is Cc1ccccc1-c1ccoc1CNC1CC1. The van der Waals surface area contributed by atoms with Crippen LogP contribution < -0.4 is 5.32 Å². The quantitative estimate of drug-likeness (QED) is 0.864. The Balaban J connectivity index is 1.86. The van der Waals surface area contributed by atoms with E-state index in [-0.39, 0.29) is 0 Å². The first-order valence-corrected chi connectivity index (χ1v) is 6.20. The van der Waals surface area contributed by atoms with Crippen molar-refractivity contribution in [3.8, 4) is 11.1 Å². The molecule has 1 aliphatic rings. The van der Waals surface area contributed by atoms with Crippen molar-refractivity contribution in [3.63, 3.8) is 0 Å². The van der Waals surface area contributed by atoms with Crippen LogP contribution in [0.25, 0.3) is 11.1 Å². The summed E-state index contributed by atoms with van der Waals surface area (Å²) >= 11 is 0. The highest BCUT2D eigenvalue weighted by atomic mass is 16.3. The molecule has 0 amide bonds. The number of aryl methyl sites for hydroxylation is 1. The van der Waals surface area contributed by atoms with Crippen LogP contribution in [0.2, 0.25) is 0 Å². The standard InChI is InChI=1S/C15H17NO/c1-11-4-2-3-5-13(11)14-8-9-17-15(14)10-16-12-6-7-12/h2-5,8-9,12,16H,6-7,10H2,1H3. The van der Waals surface area contributed by atoms with Gasteiger partial charge in [0.1, 0.15) is 5.76 Å². The molecule has 2 aromatic rings. The average Bonchev–Trinajstić information content (AvgIpc) is 3.06. The fraction of sp³-hybridized carbons (Fsp3) is 0.333. The molecule has 1 aromatic heterocycles. The van der Waals surface area contributed by atoms with Crippen molar-refractivity contribution in [3.05, 3.63) is 47.9 Å². The molecular weight excluding hydrogens is 210 g/mol. The van der Waals surface area contributed by atoms with Crippen LogP contribution in [0.1, 0.15) is 24.2 Å². The van der Waals surface area contributed by atoms with Gasteiger partial charge in [0.25, 0.3) is 0 Å². The summed E-state index contributed by atoms with van der Waals surface area (Å²) in [6.45, 7) is 2.97. The Morgan fingerprint density at radius 1 is 1.18 bits per heavy atom. The number of rotatable bonds is 4. The molecule has 3 rings (SSSR count). The molecule has 0 radical (unpaired) electrons. The van der Waals surface area contributed by atoms with Gasteiger partial charge in [-0.05, 0) is 37.0 Å². The topological polar surface area (TPSA) is 25.2 Å². The minimum Gasteiger partial charge on any atom is -0.467 e. The summed E-state index contributed by atoms with van der Waals surface area (Å²) in [6.07, 6.45) is 4.40. The molecular formula is C15H17NO. The normalized spacial score (nSPS) is 15.1. The van der Waals surface area contributed by atoms with Gasteiger partial charge in [-0.3, -0.25) is 0 Å². The van der Waals surface area contributed by atoms with Gasteiger partial charge in [-0.1, -0.05) is 24.3 Å². The highest BCUT2D eigenvalue weighted by Crippen LogP contribution is 2.28. The van der Waals surface area contributed by atoms with Gasteiger partial charge < -0.3 is 9.73 Å². The highest BCUT2D eigenvalue weighted by molar-refractivity contribution is 5.68. The van der Waals surface area contributed by atoms with Crippen molar-refractivity contribution in [1.82, 2.24) is 5.32 Å². The monoisotopic (exact) mass is 227 g/mol. The molecule has 0 bridgehead atoms. The van der Waals surface area contributed by atoms with Gasteiger partial charge in [0.2, 0.25) is 0 Å². The maximum absolute atomic E-state index is 5.59. The van der Waals surface area contributed by atoms with E-state index >= 15 is 0 Å². The van der Waals surface area contributed by atoms with Crippen LogP contribution in [0, 0.1) is 6.92 Å². The summed E-state index contributed by atoms with van der Waals surface area (Å²) < 4.78 is 5.59. The van der Waals surface area contributed by atoms with Crippen molar-refractivity contribution >= 4 is 0 Å². The first kappa shape index (κ1) is 10.6. The van der Waals surface area contributed by atoms with Crippen molar-refractivity contribution in [2.24, 2.45) is 0 Å². The Kier molecular flexibility index (Phi) is 2.73. The molecule has 1 aromatic carbocycles. The minimum absolute atomic E-state index is 0.713. The van der Waals surface area contributed by atoms with E-state index in [1.54, 1.807) is 6.26 Å². The molecule has 1 fully saturated rings. The summed E-state index contributed by atoms with van der Waals surface area (Å²) in [5.41, 5.74) is 3.78. The van der Waals surface area contributed by atoms with Gasteiger partial charge in [0.05, 0.1) is 12.8 Å². The summed E-state index contributed by atoms with van der Waals surface area (Å²) in [4.78, 5) is 0. The number of furan rings is 1. The van der Waals surface area contributed by atoms with Crippen molar-refractivity contribution in [2.45, 2.75) is 32.4 Å². The molecule has 0 spiro atoms. The summed E-state index contributed by atoms with van der Waals surface area (Å²) in [5.74, 6) is 1.05. The lowest BCUT2D eigenvalue weighted by Gasteiger charge is -2.06. The molecule has 0 atom stereocenters. The van der Waals surface area contributed by atoms with Crippen molar-refractivity contribution < 1.29 is 4.42 Å². The van der Waals surface area contributed by atoms with Gasteiger partial charge in [0, 0.05) is 11.6 Å². The second kappa shape index (κ2) is 4.38. The number of hydrogen-bond acceptors (Lipinski definition) is 2. The Labute approximate surface area is 102 Å². The maximum Gasteiger partial charge on any atom is 0.125 e. The van der Waals surface area contributed by atoms with Crippen LogP contribution >= 0.6 is 0 Å². The van der Waals surface area contributed by atoms with Crippen LogP contribution in [0.4, 0.5) is 0 Å². The highest BCUT2D eigenvalue weighted by Gasteiger charge is 2.21. The van der Waals surface area contributed by atoms with E-state index in [1.807, 2.05) is 0 Å². The number of benzene rings is 1. The van der Waals surface area contributed by atoms with Gasteiger partial charge in [-0.2, -0.15) is 0 Å². The van der Waals surface area contributed by atoms with Gasteiger partial charge in [0.15, 0.2) is 0 Å². The molecule has 1 N–H and O–H groups in total. The lowest BCUT2D eigenvalue weighted by Crippen LogP contribution is -2.15. The molecule has 1 aliphatic carbocycles. The zero-order valence-electron chi connectivity index (χ0n) is 10.1. The van der Waals surface area contributed by atoms with Crippen LogP contribution in [-0.4, -0.2) is 6.04 Å². The molecule has 0 saturated heterocycles. The smallest absolute Gasteiger partial charge is 0.125 e. The third-order valence-corrected chi connectivity index (χ3v) is 3.31. The Hall–Kier alpha value is -1.54. The second-order valence-electron chi connectivity index (χ2n) is 4.73. The van der Waals surface area contributed by atoms with Crippen LogP contribution in [-0.2, 0) is 6.54 Å². The molecule has 0 unspecified atom stereocenters. The number of nitrogens with one attached hydrogen (secondary N) is 1. The Morgan fingerprint density at radius 2 is 2.00 bits per heavy atom. The van der Waals surface area contributed by atoms with Crippen molar-refractivity contribution in [1.29, 1.82) is 0 Å². The van der Waals surface area contributed by atoms with Crippen LogP contribution in [0.3, 0.4) is 0 Å². The lowest BCUT2D eigenvalue weighted by atomic mass is 10.0. The summed E-state index contributed by atoms with van der Waals surface area (Å²) in [7, 11) is 0. The second-order valence-corrected chi connectivity index (χ2v) is 4.73. The molecule has 0 aliphatic heterocycles. The van der Waals surface area contributed by atoms with E-state index in [1.165, 1.54) is 29.5 Å². The zero-order chi connectivity index (χ0) is 11.7. The molecule has 88 valence electrons. The molecule has 2 heteroatoms. The third-order valence-electron chi connectivity index (χ3n) is 3.31. The molecule has 1 heterocycles. The minimum atomic E-state index is 0.713. The van der Waals surface area contributed by atoms with E-state index < -0.39 is 0 Å². The first-order chi connectivity index (χ1) is 8.34. The van der Waals surface area contributed by atoms with Crippen LogP contribution in [0.5, 0.6) is 0 Å². The van der Waals surface area contributed by atoms with E-state index in [2.05, 4.69) is 42.6 Å². The molecule has 17 heavy (non-hydrogen) atoms. The van der Waals surface area contributed by atoms with Crippen LogP contribution in [0.15, 0.2) is 41.0 Å². The predicted octanol–water partition coefficient (Wildman–Crippen LogP) is 3.51. The fourth-order valence-corrected chi connectivity index (χ4v) is 2.12. The Bertz CT molecular complexity index is 511. The fourth-order valence-electron chi connectivity index (χ4n) is 2.12. The molecule has 2 nitrogen and oxygen atoms in total. The summed E-state index contributed by atoms with van der Waals surface area (Å²) in [5, 5.41) is 3.49. The first-order valence-electron chi connectivity index (χ1n) is 6.20. The summed E-state index contributed by atoms with van der Waals surface area (Å²) in [6, 6.07) is 11.2. The lowest BCUT2D eigenvalue weighted by molar-refractivity contribution is 0.483. The van der Waals surface area contributed by atoms with Gasteiger partial charge >= 0.3 is 0 Å². The maximum atomic E-state index is 5.59. The zero-order valence-corrected chi connectivity index (χ0v) is 10.1. The Morgan fingerprint density at radius 3 is 2.76 bits per heavy atom. The third kappa shape index (κ3) is 2.27. The molecule has 1 saturated carbocycles. The van der Waals surface area contributed by atoms with E-state index in [0.717, 1.165) is 12.3 Å². The van der Waals surface area contributed by atoms with E-state index in [4.69, 9.17) is 4.42 Å². The largest absolute Gasteiger partial charge is 0.467 e. The van der Waals surface area contributed by atoms with E-state index in [0.29, 0.717) is 6.04 Å². The van der Waals surface area contributed by atoms with Crippen molar-refractivity contribution in [2.75, 3.05) is 0 Å². The van der Waals surface area contributed by atoms with Gasteiger partial charge in [-0.15, -0.1) is 0 Å².